The van der Waals surface area contributed by atoms with Crippen LogP contribution >= 0.6 is 0 Å². The molecule has 3 rings (SSSR count). The zero-order valence-electron chi connectivity index (χ0n) is 16.6. The molecule has 6 heteroatoms. The molecule has 0 radical (unpaired) electrons. The summed E-state index contributed by atoms with van der Waals surface area (Å²) < 4.78 is 5.33. The Kier molecular flexibility index (Phi) is 6.87. The third-order valence-electron chi connectivity index (χ3n) is 5.21. The van der Waals surface area contributed by atoms with Gasteiger partial charge < -0.3 is 15.2 Å². The van der Waals surface area contributed by atoms with Crippen LogP contribution < -0.4 is 10.6 Å². The van der Waals surface area contributed by atoms with Crippen molar-refractivity contribution in [3.8, 4) is 0 Å². The van der Waals surface area contributed by atoms with Crippen molar-refractivity contribution in [1.82, 2.24) is 20.7 Å². The van der Waals surface area contributed by atoms with Crippen LogP contribution in [-0.4, -0.2) is 41.7 Å². The van der Waals surface area contributed by atoms with Crippen LogP contribution in [0, 0.1) is 0 Å². The minimum Gasteiger partial charge on any atom is -0.359 e. The van der Waals surface area contributed by atoms with Crippen molar-refractivity contribution in [2.45, 2.75) is 58.3 Å². The second-order valence-corrected chi connectivity index (χ2v) is 7.23. The van der Waals surface area contributed by atoms with Gasteiger partial charge in [-0.15, -0.1) is 0 Å². The lowest BCUT2D eigenvalue weighted by Crippen LogP contribution is -2.51. The van der Waals surface area contributed by atoms with E-state index < -0.39 is 0 Å². The monoisotopic (exact) mass is 369 g/mol. The van der Waals surface area contributed by atoms with E-state index in [-0.39, 0.29) is 0 Å². The van der Waals surface area contributed by atoms with Gasteiger partial charge in [-0.1, -0.05) is 42.4 Å². The quantitative estimate of drug-likeness (QED) is 0.605. The summed E-state index contributed by atoms with van der Waals surface area (Å²) in [5.74, 6) is 1.65. The van der Waals surface area contributed by atoms with Crippen LogP contribution in [0.5, 0.6) is 0 Å². The number of hydrogen-bond donors (Lipinski definition) is 2. The Morgan fingerprint density at radius 3 is 2.81 bits per heavy atom. The molecule has 2 unspecified atom stereocenters. The third-order valence-corrected chi connectivity index (χ3v) is 5.21. The maximum atomic E-state index is 5.33. The molecule has 1 aromatic heterocycles. The number of benzene rings is 1. The van der Waals surface area contributed by atoms with Crippen LogP contribution in [0.1, 0.15) is 43.7 Å². The minimum absolute atomic E-state index is 0.430. The first-order chi connectivity index (χ1) is 13.2. The predicted octanol–water partition coefficient (Wildman–Crippen LogP) is 2.96. The normalized spacial score (nSPS) is 21.2. The molecular formula is C21H31N5O. The van der Waals surface area contributed by atoms with Gasteiger partial charge in [0.25, 0.3) is 0 Å². The van der Waals surface area contributed by atoms with Gasteiger partial charge in [-0.2, -0.15) is 0 Å². The highest BCUT2D eigenvalue weighted by atomic mass is 16.5. The molecular weight excluding hydrogens is 338 g/mol. The molecule has 0 bridgehead atoms. The summed E-state index contributed by atoms with van der Waals surface area (Å²) in [5.41, 5.74) is 2.36. The van der Waals surface area contributed by atoms with Crippen LogP contribution in [0.25, 0.3) is 0 Å². The lowest BCUT2D eigenvalue weighted by molar-refractivity contribution is 0.134. The summed E-state index contributed by atoms with van der Waals surface area (Å²) in [7, 11) is 1.81. The maximum absolute atomic E-state index is 5.33. The number of nitrogens with one attached hydrogen (secondary N) is 2. The fourth-order valence-corrected chi connectivity index (χ4v) is 3.57. The Balaban J connectivity index is 1.46. The molecule has 2 aromatic rings. The summed E-state index contributed by atoms with van der Waals surface area (Å²) in [4.78, 5) is 6.91. The van der Waals surface area contributed by atoms with Gasteiger partial charge in [0, 0.05) is 38.3 Å². The van der Waals surface area contributed by atoms with Gasteiger partial charge in [0.15, 0.2) is 11.7 Å². The van der Waals surface area contributed by atoms with Crippen molar-refractivity contribution in [2.75, 3.05) is 13.6 Å². The van der Waals surface area contributed by atoms with Gasteiger partial charge in [-0.05, 0) is 31.7 Å². The molecule has 2 heterocycles. The molecule has 1 fully saturated rings. The van der Waals surface area contributed by atoms with E-state index in [9.17, 15) is 0 Å². The summed E-state index contributed by atoms with van der Waals surface area (Å²) in [6.45, 7) is 7.09. The SMILES string of the molecule is CCc1cc(CNC(=NC)NC2CCN(Cc3ccccc3)C(C)C2)on1. The van der Waals surface area contributed by atoms with Gasteiger partial charge in [0.05, 0.1) is 12.2 Å². The maximum Gasteiger partial charge on any atom is 0.191 e. The first-order valence-electron chi connectivity index (χ1n) is 9.87. The van der Waals surface area contributed by atoms with Crippen LogP contribution in [0.3, 0.4) is 0 Å². The van der Waals surface area contributed by atoms with Crippen LogP contribution in [0.4, 0.5) is 0 Å². The second kappa shape index (κ2) is 9.55. The summed E-state index contributed by atoms with van der Waals surface area (Å²) in [5, 5.41) is 10.9. The fraction of sp³-hybridized carbons (Fsp3) is 0.524. The molecule has 1 saturated heterocycles. The van der Waals surface area contributed by atoms with E-state index in [1.54, 1.807) is 7.05 Å². The van der Waals surface area contributed by atoms with E-state index in [2.05, 4.69) is 69.9 Å². The van der Waals surface area contributed by atoms with Crippen molar-refractivity contribution >= 4 is 5.96 Å². The predicted molar refractivity (Wildman–Crippen MR) is 109 cm³/mol. The Bertz CT molecular complexity index is 727. The van der Waals surface area contributed by atoms with Crippen molar-refractivity contribution in [3.05, 3.63) is 53.4 Å². The van der Waals surface area contributed by atoms with E-state index in [1.165, 1.54) is 5.56 Å². The van der Waals surface area contributed by atoms with Crippen molar-refractivity contribution < 1.29 is 4.52 Å². The molecule has 27 heavy (non-hydrogen) atoms. The van der Waals surface area contributed by atoms with Crippen molar-refractivity contribution in [1.29, 1.82) is 0 Å². The van der Waals surface area contributed by atoms with Gasteiger partial charge in [-0.3, -0.25) is 9.89 Å². The number of nitrogens with zero attached hydrogens (tertiary/aromatic N) is 3. The molecule has 2 N–H and O–H groups in total. The molecule has 2 atom stereocenters. The smallest absolute Gasteiger partial charge is 0.191 e. The summed E-state index contributed by atoms with van der Waals surface area (Å²) in [6.07, 6.45) is 3.10. The van der Waals surface area contributed by atoms with Crippen LogP contribution in [-0.2, 0) is 19.5 Å². The molecule has 146 valence electrons. The average molecular weight is 370 g/mol. The van der Waals surface area contributed by atoms with E-state index in [0.29, 0.717) is 18.6 Å². The minimum atomic E-state index is 0.430. The van der Waals surface area contributed by atoms with Gasteiger partial charge in [0.2, 0.25) is 0 Å². The summed E-state index contributed by atoms with van der Waals surface area (Å²) in [6, 6.07) is 13.7. The molecule has 0 amide bonds. The molecule has 6 nitrogen and oxygen atoms in total. The fourth-order valence-electron chi connectivity index (χ4n) is 3.57. The number of aromatic nitrogens is 1. The number of piperidine rings is 1. The number of guanidine groups is 1. The van der Waals surface area contributed by atoms with Gasteiger partial charge >= 0.3 is 0 Å². The van der Waals surface area contributed by atoms with E-state index in [0.717, 1.165) is 49.8 Å². The number of likely N-dealkylation sites (tertiary alicyclic amines) is 1. The zero-order chi connectivity index (χ0) is 19.1. The van der Waals surface area contributed by atoms with Crippen LogP contribution in [0.2, 0.25) is 0 Å². The van der Waals surface area contributed by atoms with Crippen molar-refractivity contribution in [3.63, 3.8) is 0 Å². The van der Waals surface area contributed by atoms with Crippen LogP contribution in [0.15, 0.2) is 45.9 Å². The lowest BCUT2D eigenvalue weighted by Gasteiger charge is -2.38. The zero-order valence-corrected chi connectivity index (χ0v) is 16.6. The highest BCUT2D eigenvalue weighted by Gasteiger charge is 2.26. The van der Waals surface area contributed by atoms with Crippen molar-refractivity contribution in [2.24, 2.45) is 4.99 Å². The van der Waals surface area contributed by atoms with Gasteiger partial charge in [-0.25, -0.2) is 0 Å². The standard InChI is InChI=1S/C21H31N5O/c1-4-18-13-20(27-25-18)14-23-21(22-3)24-19-10-11-26(16(2)12-19)15-17-8-6-5-7-9-17/h5-9,13,16,19H,4,10-12,14-15H2,1-3H3,(H2,22,23,24). The number of aliphatic imine (C=N–C) groups is 1. The number of rotatable bonds is 6. The molecule has 0 aliphatic carbocycles. The average Bonchev–Trinajstić information content (AvgIpc) is 3.16. The molecule has 0 saturated carbocycles. The number of aryl methyl sites for hydroxylation is 1. The van der Waals surface area contributed by atoms with Gasteiger partial charge in [0.1, 0.15) is 0 Å². The highest BCUT2D eigenvalue weighted by molar-refractivity contribution is 5.79. The molecule has 1 aliphatic rings. The van der Waals surface area contributed by atoms with E-state index >= 15 is 0 Å². The Morgan fingerprint density at radius 2 is 2.15 bits per heavy atom. The Hall–Kier alpha value is -2.34. The topological polar surface area (TPSA) is 65.7 Å². The molecule has 0 spiro atoms. The first kappa shape index (κ1) is 19.4. The molecule has 1 aromatic carbocycles. The largest absolute Gasteiger partial charge is 0.359 e. The highest BCUT2D eigenvalue weighted by Crippen LogP contribution is 2.20. The van der Waals surface area contributed by atoms with E-state index in [4.69, 9.17) is 4.52 Å². The third kappa shape index (κ3) is 5.57. The number of hydrogen-bond acceptors (Lipinski definition) is 4. The Morgan fingerprint density at radius 1 is 1.33 bits per heavy atom. The lowest BCUT2D eigenvalue weighted by atomic mass is 9.97. The second-order valence-electron chi connectivity index (χ2n) is 7.23. The molecule has 1 aliphatic heterocycles. The summed E-state index contributed by atoms with van der Waals surface area (Å²) >= 11 is 0. The van der Waals surface area contributed by atoms with E-state index in [1.807, 2.05) is 6.07 Å². The first-order valence-corrected chi connectivity index (χ1v) is 9.87. The Labute approximate surface area is 162 Å².